The van der Waals surface area contributed by atoms with Crippen molar-refractivity contribution in [1.82, 2.24) is 4.90 Å². The van der Waals surface area contributed by atoms with E-state index in [9.17, 15) is 0 Å². The zero-order chi connectivity index (χ0) is 11.8. The van der Waals surface area contributed by atoms with Crippen LogP contribution in [0.1, 0.15) is 18.7 Å². The summed E-state index contributed by atoms with van der Waals surface area (Å²) in [5.41, 5.74) is 0. The Kier molecular flexibility index (Phi) is 6.64. The average Bonchev–Trinajstić information content (AvgIpc) is 2.75. The van der Waals surface area contributed by atoms with Crippen molar-refractivity contribution < 1.29 is 9.84 Å². The maximum atomic E-state index is 8.61. The molecule has 16 heavy (non-hydrogen) atoms. The van der Waals surface area contributed by atoms with Crippen LogP contribution in [0.4, 0.5) is 0 Å². The molecule has 0 spiro atoms. The van der Waals surface area contributed by atoms with Crippen molar-refractivity contribution >= 4 is 11.3 Å². The molecule has 3 nitrogen and oxygen atoms in total. The van der Waals surface area contributed by atoms with Crippen LogP contribution in [0.15, 0.2) is 17.5 Å². The van der Waals surface area contributed by atoms with Gasteiger partial charge in [-0.1, -0.05) is 6.07 Å². The van der Waals surface area contributed by atoms with Crippen LogP contribution >= 0.6 is 11.3 Å². The lowest BCUT2D eigenvalue weighted by molar-refractivity contribution is 0.0649. The topological polar surface area (TPSA) is 32.7 Å². The van der Waals surface area contributed by atoms with E-state index in [1.54, 1.807) is 11.3 Å². The van der Waals surface area contributed by atoms with E-state index in [0.29, 0.717) is 19.3 Å². The van der Waals surface area contributed by atoms with E-state index >= 15 is 0 Å². The molecule has 1 rings (SSSR count). The number of ether oxygens (including phenoxy) is 1. The van der Waals surface area contributed by atoms with Crippen molar-refractivity contribution in [2.75, 3.05) is 26.4 Å². The monoisotopic (exact) mass is 243 g/mol. The van der Waals surface area contributed by atoms with Crippen LogP contribution in [0.3, 0.4) is 0 Å². The smallest absolute Gasteiger partial charge is 0.0698 e. The SMILES string of the molecule is CC(C)N(CCOCCO)Cc1cccs1. The third-order valence-corrected chi connectivity index (χ3v) is 3.29. The van der Waals surface area contributed by atoms with Gasteiger partial charge in [-0.15, -0.1) is 11.3 Å². The molecule has 1 aromatic rings. The molecule has 1 N–H and O–H groups in total. The van der Waals surface area contributed by atoms with Crippen molar-refractivity contribution in [2.24, 2.45) is 0 Å². The van der Waals surface area contributed by atoms with Crippen LogP contribution in [0.2, 0.25) is 0 Å². The van der Waals surface area contributed by atoms with Crippen LogP contribution in [-0.2, 0) is 11.3 Å². The second-order valence-electron chi connectivity index (χ2n) is 3.98. The molecule has 0 aliphatic heterocycles. The Labute approximate surface area is 102 Å². The van der Waals surface area contributed by atoms with E-state index in [4.69, 9.17) is 9.84 Å². The van der Waals surface area contributed by atoms with Crippen LogP contribution in [0, 0.1) is 0 Å². The fraction of sp³-hybridized carbons (Fsp3) is 0.667. The number of aliphatic hydroxyl groups excluding tert-OH is 1. The van der Waals surface area contributed by atoms with Crippen LogP contribution in [0.5, 0.6) is 0 Å². The van der Waals surface area contributed by atoms with Crippen molar-refractivity contribution in [2.45, 2.75) is 26.4 Å². The van der Waals surface area contributed by atoms with E-state index < -0.39 is 0 Å². The third-order valence-electron chi connectivity index (χ3n) is 2.43. The van der Waals surface area contributed by atoms with Gasteiger partial charge in [0.15, 0.2) is 0 Å². The second kappa shape index (κ2) is 7.79. The van der Waals surface area contributed by atoms with Gasteiger partial charge in [0.2, 0.25) is 0 Å². The third kappa shape index (κ3) is 5.07. The Morgan fingerprint density at radius 1 is 1.44 bits per heavy atom. The number of hydrogen-bond donors (Lipinski definition) is 1. The summed E-state index contributed by atoms with van der Waals surface area (Å²) >= 11 is 1.79. The highest BCUT2D eigenvalue weighted by Crippen LogP contribution is 2.13. The molecule has 0 aromatic carbocycles. The molecule has 0 saturated heterocycles. The summed E-state index contributed by atoms with van der Waals surface area (Å²) in [6.45, 7) is 7.51. The Hall–Kier alpha value is -0.420. The Morgan fingerprint density at radius 3 is 2.81 bits per heavy atom. The minimum atomic E-state index is 0.104. The average molecular weight is 243 g/mol. The standard InChI is InChI=1S/C12H21NO2S/c1-11(2)13(5-7-15-8-6-14)10-12-4-3-9-16-12/h3-4,9,11,14H,5-8,10H2,1-2H3. The van der Waals surface area contributed by atoms with Gasteiger partial charge in [0.05, 0.1) is 19.8 Å². The molecule has 0 saturated carbocycles. The molecule has 1 heterocycles. The molecule has 0 unspecified atom stereocenters. The van der Waals surface area contributed by atoms with Crippen molar-refractivity contribution in [3.8, 4) is 0 Å². The van der Waals surface area contributed by atoms with Crippen molar-refractivity contribution in [1.29, 1.82) is 0 Å². The predicted molar refractivity (Wildman–Crippen MR) is 67.8 cm³/mol. The molecule has 0 atom stereocenters. The Bertz CT molecular complexity index is 262. The molecule has 0 fully saturated rings. The van der Waals surface area contributed by atoms with Gasteiger partial charge in [0.25, 0.3) is 0 Å². The predicted octanol–water partition coefficient (Wildman–Crippen LogP) is 1.97. The van der Waals surface area contributed by atoms with Gasteiger partial charge in [0, 0.05) is 24.0 Å². The molecule has 0 radical (unpaired) electrons. The van der Waals surface area contributed by atoms with Gasteiger partial charge in [-0.05, 0) is 25.3 Å². The molecule has 0 aliphatic rings. The summed E-state index contributed by atoms with van der Waals surface area (Å²) in [6.07, 6.45) is 0. The highest BCUT2D eigenvalue weighted by atomic mass is 32.1. The number of hydrogen-bond acceptors (Lipinski definition) is 4. The van der Waals surface area contributed by atoms with E-state index in [1.807, 2.05) is 0 Å². The first kappa shape index (κ1) is 13.6. The van der Waals surface area contributed by atoms with E-state index in [2.05, 4.69) is 36.3 Å². The number of nitrogens with zero attached hydrogens (tertiary/aromatic N) is 1. The minimum absolute atomic E-state index is 0.104. The highest BCUT2D eigenvalue weighted by Gasteiger charge is 2.10. The molecule has 4 heteroatoms. The van der Waals surface area contributed by atoms with Crippen LogP contribution < -0.4 is 0 Å². The Balaban J connectivity index is 2.30. The van der Waals surface area contributed by atoms with Crippen molar-refractivity contribution in [3.05, 3.63) is 22.4 Å². The fourth-order valence-corrected chi connectivity index (χ4v) is 2.20. The van der Waals surface area contributed by atoms with Gasteiger partial charge < -0.3 is 9.84 Å². The maximum Gasteiger partial charge on any atom is 0.0698 e. The summed E-state index contributed by atoms with van der Waals surface area (Å²) in [7, 11) is 0. The summed E-state index contributed by atoms with van der Waals surface area (Å²) in [4.78, 5) is 3.76. The highest BCUT2D eigenvalue weighted by molar-refractivity contribution is 7.09. The van der Waals surface area contributed by atoms with E-state index in [0.717, 1.165) is 13.1 Å². The molecule has 1 aromatic heterocycles. The normalized spacial score (nSPS) is 11.6. The minimum Gasteiger partial charge on any atom is -0.394 e. The lowest BCUT2D eigenvalue weighted by Gasteiger charge is -2.25. The van der Waals surface area contributed by atoms with Gasteiger partial charge >= 0.3 is 0 Å². The molecular weight excluding hydrogens is 222 g/mol. The fourth-order valence-electron chi connectivity index (χ4n) is 1.47. The van der Waals surface area contributed by atoms with Crippen LogP contribution in [-0.4, -0.2) is 42.4 Å². The van der Waals surface area contributed by atoms with Gasteiger partial charge in [-0.25, -0.2) is 0 Å². The first-order chi connectivity index (χ1) is 7.74. The molecule has 0 aliphatic carbocycles. The molecular formula is C12H21NO2S. The molecule has 0 bridgehead atoms. The first-order valence-electron chi connectivity index (χ1n) is 5.69. The lowest BCUT2D eigenvalue weighted by Crippen LogP contribution is -2.33. The van der Waals surface area contributed by atoms with E-state index in [1.165, 1.54) is 4.88 Å². The van der Waals surface area contributed by atoms with Crippen LogP contribution in [0.25, 0.3) is 0 Å². The lowest BCUT2D eigenvalue weighted by atomic mass is 10.3. The largest absolute Gasteiger partial charge is 0.394 e. The second-order valence-corrected chi connectivity index (χ2v) is 5.01. The number of aliphatic hydroxyl groups is 1. The van der Waals surface area contributed by atoms with Crippen molar-refractivity contribution in [3.63, 3.8) is 0 Å². The van der Waals surface area contributed by atoms with Gasteiger partial charge in [0.1, 0.15) is 0 Å². The molecule has 0 amide bonds. The Morgan fingerprint density at radius 2 is 2.25 bits per heavy atom. The first-order valence-corrected chi connectivity index (χ1v) is 6.57. The van der Waals surface area contributed by atoms with E-state index in [-0.39, 0.29) is 6.61 Å². The zero-order valence-corrected chi connectivity index (χ0v) is 10.9. The maximum absolute atomic E-state index is 8.61. The summed E-state index contributed by atoms with van der Waals surface area (Å²) in [6, 6.07) is 4.76. The summed E-state index contributed by atoms with van der Waals surface area (Å²) in [5, 5.41) is 10.7. The van der Waals surface area contributed by atoms with Gasteiger partial charge in [-0.2, -0.15) is 0 Å². The molecule has 92 valence electrons. The zero-order valence-electron chi connectivity index (χ0n) is 10.1. The quantitative estimate of drug-likeness (QED) is 0.709. The summed E-state index contributed by atoms with van der Waals surface area (Å²) in [5.74, 6) is 0. The van der Waals surface area contributed by atoms with Gasteiger partial charge in [-0.3, -0.25) is 4.90 Å². The summed E-state index contributed by atoms with van der Waals surface area (Å²) < 4.78 is 5.29. The number of rotatable bonds is 8. The number of thiophene rings is 1.